The summed E-state index contributed by atoms with van der Waals surface area (Å²) in [7, 11) is 2.19. The van der Waals surface area contributed by atoms with E-state index in [9.17, 15) is 5.26 Å². The molecule has 22 heavy (non-hydrogen) atoms. The van der Waals surface area contributed by atoms with E-state index >= 15 is 0 Å². The van der Waals surface area contributed by atoms with Gasteiger partial charge in [-0.15, -0.1) is 5.10 Å². The second-order valence-corrected chi connectivity index (χ2v) is 6.13. The topological polar surface area (TPSA) is 64.8 Å². The molecule has 2 heterocycles. The molecule has 1 aromatic heterocycles. The number of rotatable bonds is 6. The second kappa shape index (κ2) is 8.09. The zero-order chi connectivity index (χ0) is 15.9. The lowest BCUT2D eigenvalue weighted by atomic mass is 9.94. The van der Waals surface area contributed by atoms with Crippen LogP contribution in [0.2, 0.25) is 0 Å². The van der Waals surface area contributed by atoms with Crippen LogP contribution in [-0.2, 0) is 12.8 Å². The minimum Gasteiger partial charge on any atom is -0.367 e. The third-order valence-electron chi connectivity index (χ3n) is 4.64. The van der Waals surface area contributed by atoms with Crippen LogP contribution in [-0.4, -0.2) is 41.8 Å². The van der Waals surface area contributed by atoms with Gasteiger partial charge in [0.05, 0.1) is 5.69 Å². The van der Waals surface area contributed by atoms with E-state index in [0.717, 1.165) is 43.0 Å². The van der Waals surface area contributed by atoms with Crippen molar-refractivity contribution >= 4 is 5.82 Å². The van der Waals surface area contributed by atoms with Crippen molar-refractivity contribution in [2.24, 2.45) is 5.92 Å². The molecule has 0 radical (unpaired) electrons. The summed E-state index contributed by atoms with van der Waals surface area (Å²) in [6.45, 7) is 7.38. The molecule has 5 nitrogen and oxygen atoms in total. The molecule has 0 unspecified atom stereocenters. The maximum absolute atomic E-state index is 9.46. The Labute approximate surface area is 133 Å². The van der Waals surface area contributed by atoms with Crippen LogP contribution in [0.4, 0.5) is 5.82 Å². The molecule has 5 heteroatoms. The van der Waals surface area contributed by atoms with Gasteiger partial charge < -0.3 is 10.2 Å². The minimum atomic E-state index is 0.657. The van der Waals surface area contributed by atoms with E-state index in [1.807, 2.05) is 0 Å². The van der Waals surface area contributed by atoms with E-state index in [-0.39, 0.29) is 0 Å². The standard InChI is InChI=1S/C17H27N5/c1-4-14-15(12-18)17(21-20-16(14)5-2)19-9-6-13-7-10-22(3)11-8-13/h13H,4-11H2,1-3H3,(H,19,21). The molecule has 0 amide bonds. The zero-order valence-corrected chi connectivity index (χ0v) is 14.0. The Morgan fingerprint density at radius 2 is 1.95 bits per heavy atom. The van der Waals surface area contributed by atoms with Crippen molar-refractivity contribution in [2.75, 3.05) is 32.0 Å². The molecule has 1 N–H and O–H groups in total. The summed E-state index contributed by atoms with van der Waals surface area (Å²) in [4.78, 5) is 2.39. The smallest absolute Gasteiger partial charge is 0.166 e. The molecule has 0 saturated carbocycles. The van der Waals surface area contributed by atoms with Gasteiger partial charge in [0.25, 0.3) is 0 Å². The summed E-state index contributed by atoms with van der Waals surface area (Å²) in [6.07, 6.45) is 5.32. The van der Waals surface area contributed by atoms with Crippen molar-refractivity contribution in [2.45, 2.75) is 46.0 Å². The molecule has 1 aliphatic rings. The number of aryl methyl sites for hydroxylation is 1. The summed E-state index contributed by atoms with van der Waals surface area (Å²) in [5, 5.41) is 21.3. The SMILES string of the molecule is CCc1nnc(NCCC2CCN(C)CC2)c(C#N)c1CC. The van der Waals surface area contributed by atoms with Gasteiger partial charge in [-0.2, -0.15) is 10.4 Å². The maximum Gasteiger partial charge on any atom is 0.166 e. The summed E-state index contributed by atoms with van der Waals surface area (Å²) in [5.41, 5.74) is 2.67. The lowest BCUT2D eigenvalue weighted by Gasteiger charge is -2.28. The number of nitrogens with zero attached hydrogens (tertiary/aromatic N) is 4. The second-order valence-electron chi connectivity index (χ2n) is 6.13. The highest BCUT2D eigenvalue weighted by Crippen LogP contribution is 2.22. The number of anilines is 1. The number of piperidine rings is 1. The molecule has 0 aliphatic carbocycles. The van der Waals surface area contributed by atoms with Crippen molar-refractivity contribution in [3.05, 3.63) is 16.8 Å². The third kappa shape index (κ3) is 3.95. The zero-order valence-electron chi connectivity index (χ0n) is 14.0. The van der Waals surface area contributed by atoms with Crippen LogP contribution in [0.3, 0.4) is 0 Å². The first-order valence-corrected chi connectivity index (χ1v) is 8.40. The predicted molar refractivity (Wildman–Crippen MR) is 88.8 cm³/mol. The van der Waals surface area contributed by atoms with Gasteiger partial charge in [0.2, 0.25) is 0 Å². The van der Waals surface area contributed by atoms with Crippen molar-refractivity contribution in [1.29, 1.82) is 5.26 Å². The Balaban J connectivity index is 1.97. The fourth-order valence-corrected chi connectivity index (χ4v) is 3.16. The van der Waals surface area contributed by atoms with E-state index in [1.165, 1.54) is 25.9 Å². The fraction of sp³-hybridized carbons (Fsp3) is 0.706. The molecule has 1 aliphatic heterocycles. The molecule has 0 aromatic carbocycles. The molecule has 0 bridgehead atoms. The van der Waals surface area contributed by atoms with E-state index in [1.54, 1.807) is 0 Å². The molecule has 2 rings (SSSR count). The van der Waals surface area contributed by atoms with Crippen molar-refractivity contribution in [3.8, 4) is 6.07 Å². The van der Waals surface area contributed by atoms with Gasteiger partial charge in [0, 0.05) is 6.54 Å². The third-order valence-corrected chi connectivity index (χ3v) is 4.64. The quantitative estimate of drug-likeness (QED) is 0.875. The maximum atomic E-state index is 9.46. The van der Waals surface area contributed by atoms with Gasteiger partial charge in [-0.1, -0.05) is 13.8 Å². The number of aromatic nitrogens is 2. The van der Waals surface area contributed by atoms with Gasteiger partial charge in [-0.05, 0) is 63.7 Å². The van der Waals surface area contributed by atoms with Gasteiger partial charge in [0.15, 0.2) is 5.82 Å². The van der Waals surface area contributed by atoms with Crippen molar-refractivity contribution in [3.63, 3.8) is 0 Å². The van der Waals surface area contributed by atoms with E-state index in [2.05, 4.69) is 47.4 Å². The van der Waals surface area contributed by atoms with Crippen LogP contribution in [0, 0.1) is 17.2 Å². The number of nitriles is 1. The lowest BCUT2D eigenvalue weighted by Crippen LogP contribution is -2.31. The molecular weight excluding hydrogens is 274 g/mol. The summed E-state index contributed by atoms with van der Waals surface area (Å²) in [6, 6.07) is 2.31. The molecular formula is C17H27N5. The van der Waals surface area contributed by atoms with Gasteiger partial charge in [-0.25, -0.2) is 0 Å². The first-order valence-electron chi connectivity index (χ1n) is 8.40. The Bertz CT molecular complexity index is 527. The van der Waals surface area contributed by atoms with E-state index in [4.69, 9.17) is 0 Å². The molecule has 1 aromatic rings. The summed E-state index contributed by atoms with van der Waals surface area (Å²) in [5.74, 6) is 1.44. The van der Waals surface area contributed by atoms with Crippen molar-refractivity contribution in [1.82, 2.24) is 15.1 Å². The van der Waals surface area contributed by atoms with Crippen LogP contribution in [0.5, 0.6) is 0 Å². The number of nitrogens with one attached hydrogen (secondary N) is 1. The number of hydrogen-bond donors (Lipinski definition) is 1. The highest BCUT2D eigenvalue weighted by Gasteiger charge is 2.17. The predicted octanol–water partition coefficient (Wildman–Crippen LogP) is 2.62. The summed E-state index contributed by atoms with van der Waals surface area (Å²) >= 11 is 0. The fourth-order valence-electron chi connectivity index (χ4n) is 3.16. The molecule has 0 spiro atoms. The van der Waals surface area contributed by atoms with Crippen LogP contribution >= 0.6 is 0 Å². The Kier molecular flexibility index (Phi) is 6.14. The van der Waals surface area contributed by atoms with Gasteiger partial charge in [0.1, 0.15) is 11.6 Å². The first kappa shape index (κ1) is 16.7. The minimum absolute atomic E-state index is 0.657. The number of likely N-dealkylation sites (tertiary alicyclic amines) is 1. The van der Waals surface area contributed by atoms with E-state index in [0.29, 0.717) is 11.4 Å². The average molecular weight is 301 g/mol. The first-order chi connectivity index (χ1) is 10.7. The van der Waals surface area contributed by atoms with Gasteiger partial charge >= 0.3 is 0 Å². The Morgan fingerprint density at radius 1 is 1.23 bits per heavy atom. The Hall–Kier alpha value is -1.67. The molecule has 1 fully saturated rings. The van der Waals surface area contributed by atoms with Crippen LogP contribution in [0.15, 0.2) is 0 Å². The monoisotopic (exact) mass is 301 g/mol. The molecule has 120 valence electrons. The van der Waals surface area contributed by atoms with E-state index < -0.39 is 0 Å². The lowest BCUT2D eigenvalue weighted by molar-refractivity contribution is 0.215. The van der Waals surface area contributed by atoms with Crippen LogP contribution in [0.1, 0.15) is 49.9 Å². The Morgan fingerprint density at radius 3 is 2.55 bits per heavy atom. The van der Waals surface area contributed by atoms with Crippen LogP contribution in [0.25, 0.3) is 0 Å². The largest absolute Gasteiger partial charge is 0.367 e. The highest BCUT2D eigenvalue weighted by molar-refractivity contribution is 5.56. The normalized spacial score (nSPS) is 16.5. The highest BCUT2D eigenvalue weighted by atomic mass is 15.2. The molecule has 0 atom stereocenters. The number of hydrogen-bond acceptors (Lipinski definition) is 5. The summed E-state index contributed by atoms with van der Waals surface area (Å²) < 4.78 is 0. The van der Waals surface area contributed by atoms with Crippen molar-refractivity contribution < 1.29 is 0 Å². The molecule has 1 saturated heterocycles. The average Bonchev–Trinajstić information content (AvgIpc) is 2.55. The van der Waals surface area contributed by atoms with Crippen LogP contribution < -0.4 is 5.32 Å². The van der Waals surface area contributed by atoms with Gasteiger partial charge in [-0.3, -0.25) is 0 Å².